The van der Waals surface area contributed by atoms with Crippen LogP contribution in [-0.4, -0.2) is 15.7 Å². The van der Waals surface area contributed by atoms with E-state index in [9.17, 15) is 8.78 Å². The van der Waals surface area contributed by atoms with Gasteiger partial charge in [0.2, 0.25) is 0 Å². The molecule has 8 heteroatoms. The minimum Gasteiger partial charge on any atom is -0.550 e. The van der Waals surface area contributed by atoms with Crippen LogP contribution in [0.15, 0.2) is 30.3 Å². The number of nitrogen functional groups attached to an aromatic ring is 1. The van der Waals surface area contributed by atoms with Crippen molar-refractivity contribution in [2.75, 3.05) is 5.73 Å². The SMILES string of the molecule is CC(=O)[O-].Cc1nn(C)c2ccc(-c3cc(F)c(N)c(F)c3)cc12.[K+]. The summed E-state index contributed by atoms with van der Waals surface area (Å²) in [5.74, 6) is -2.58. The molecule has 3 aromatic rings. The average molecular weight is 371 g/mol. The number of anilines is 1. The van der Waals surface area contributed by atoms with Gasteiger partial charge in [-0.1, -0.05) is 6.07 Å². The van der Waals surface area contributed by atoms with Gasteiger partial charge in [-0.25, -0.2) is 8.78 Å². The fraction of sp³-hybridized carbons (Fsp3) is 0.176. The molecule has 0 unspecified atom stereocenters. The maximum absolute atomic E-state index is 13.5. The van der Waals surface area contributed by atoms with Crippen LogP contribution in [0, 0.1) is 18.6 Å². The van der Waals surface area contributed by atoms with Crippen molar-refractivity contribution in [3.8, 4) is 11.1 Å². The van der Waals surface area contributed by atoms with E-state index >= 15 is 0 Å². The van der Waals surface area contributed by atoms with Crippen molar-refractivity contribution in [2.45, 2.75) is 13.8 Å². The summed E-state index contributed by atoms with van der Waals surface area (Å²) in [6, 6.07) is 8.06. The van der Waals surface area contributed by atoms with Crippen molar-refractivity contribution in [1.82, 2.24) is 9.78 Å². The minimum absolute atomic E-state index is 0. The molecule has 2 N–H and O–H groups in total. The molecule has 0 spiro atoms. The van der Waals surface area contributed by atoms with Crippen molar-refractivity contribution < 1.29 is 70.1 Å². The van der Waals surface area contributed by atoms with E-state index in [1.54, 1.807) is 4.68 Å². The zero-order valence-electron chi connectivity index (χ0n) is 14.4. The largest absolute Gasteiger partial charge is 1.00 e. The van der Waals surface area contributed by atoms with Gasteiger partial charge in [0, 0.05) is 18.4 Å². The molecule has 1 heterocycles. The number of aryl methyl sites for hydroxylation is 2. The molecule has 0 atom stereocenters. The van der Waals surface area contributed by atoms with Gasteiger partial charge < -0.3 is 15.6 Å². The smallest absolute Gasteiger partial charge is 0.550 e. The van der Waals surface area contributed by atoms with Crippen molar-refractivity contribution in [1.29, 1.82) is 0 Å². The summed E-state index contributed by atoms with van der Waals surface area (Å²) in [4.78, 5) is 8.89. The van der Waals surface area contributed by atoms with E-state index in [1.165, 1.54) is 12.1 Å². The van der Waals surface area contributed by atoms with Crippen LogP contribution in [0.3, 0.4) is 0 Å². The summed E-state index contributed by atoms with van der Waals surface area (Å²) in [6.07, 6.45) is 0. The van der Waals surface area contributed by atoms with E-state index in [2.05, 4.69) is 5.10 Å². The number of carboxylic acids is 1. The first kappa shape index (κ1) is 21.7. The molecule has 0 saturated heterocycles. The molecule has 5 nitrogen and oxygen atoms in total. The number of carbonyl (C=O) groups is 1. The quantitative estimate of drug-likeness (QED) is 0.447. The Hall–Kier alpha value is -1.32. The molecule has 0 fully saturated rings. The fourth-order valence-corrected chi connectivity index (χ4v) is 2.37. The van der Waals surface area contributed by atoms with Gasteiger partial charge in [-0.2, -0.15) is 5.10 Å². The number of nitrogens with two attached hydrogens (primary N) is 1. The number of aliphatic carboxylic acids is 1. The molecule has 1 aromatic heterocycles. The Kier molecular flexibility index (Phi) is 7.70. The Balaban J connectivity index is 0.000000568. The van der Waals surface area contributed by atoms with Gasteiger partial charge in [-0.05, 0) is 49.2 Å². The molecule has 25 heavy (non-hydrogen) atoms. The summed E-state index contributed by atoms with van der Waals surface area (Å²) < 4.78 is 28.9. The van der Waals surface area contributed by atoms with Gasteiger partial charge in [0.05, 0.1) is 11.2 Å². The van der Waals surface area contributed by atoms with Gasteiger partial charge >= 0.3 is 51.4 Å². The topological polar surface area (TPSA) is 84.0 Å². The Bertz CT molecular complexity index is 899. The third-order valence-corrected chi connectivity index (χ3v) is 3.45. The van der Waals surface area contributed by atoms with Crippen LogP contribution in [0.25, 0.3) is 22.0 Å². The maximum Gasteiger partial charge on any atom is 1.00 e. The molecule has 0 saturated carbocycles. The number of halogens is 2. The molecule has 0 aliphatic heterocycles. The maximum atomic E-state index is 13.5. The predicted octanol–water partition coefficient (Wildman–Crippen LogP) is -0.831. The first-order valence-electron chi connectivity index (χ1n) is 7.06. The predicted molar refractivity (Wildman–Crippen MR) is 85.9 cm³/mol. The van der Waals surface area contributed by atoms with E-state index in [0.717, 1.165) is 29.1 Å². The number of aromatic nitrogens is 2. The number of hydrogen-bond donors (Lipinski definition) is 1. The molecule has 2 aromatic carbocycles. The number of hydrogen-bond acceptors (Lipinski definition) is 4. The van der Waals surface area contributed by atoms with Crippen LogP contribution in [0.1, 0.15) is 12.6 Å². The van der Waals surface area contributed by atoms with Crippen LogP contribution in [0.4, 0.5) is 14.5 Å². The molecule has 0 amide bonds. The number of carboxylic acid groups (broad SMARTS) is 1. The van der Waals surface area contributed by atoms with Gasteiger partial charge in [-0.15, -0.1) is 0 Å². The zero-order valence-corrected chi connectivity index (χ0v) is 17.6. The molecule has 0 aliphatic rings. The van der Waals surface area contributed by atoms with Gasteiger partial charge in [-0.3, -0.25) is 4.68 Å². The average Bonchev–Trinajstić information content (AvgIpc) is 2.78. The second kappa shape index (κ2) is 8.86. The first-order chi connectivity index (χ1) is 11.2. The number of rotatable bonds is 1. The summed E-state index contributed by atoms with van der Waals surface area (Å²) in [7, 11) is 1.86. The van der Waals surface area contributed by atoms with Gasteiger partial charge in [0.1, 0.15) is 17.3 Å². The van der Waals surface area contributed by atoms with Gasteiger partial charge in [0.15, 0.2) is 0 Å². The molecule has 0 bridgehead atoms. The second-order valence-electron chi connectivity index (χ2n) is 5.29. The summed E-state index contributed by atoms with van der Waals surface area (Å²) in [6.45, 7) is 2.87. The van der Waals surface area contributed by atoms with Crippen molar-refractivity contribution in [3.63, 3.8) is 0 Å². The molecular weight excluding hydrogens is 355 g/mol. The van der Waals surface area contributed by atoms with E-state index in [4.69, 9.17) is 15.6 Å². The standard InChI is InChI=1S/C15H13F2N3.C2H4O2.K/c1-8-11-5-9(3-4-14(11)20(2)19-8)10-6-12(16)15(18)13(17)7-10;1-2(3)4;/h3-7H,18H2,1-2H3;1H3,(H,3,4);/q;;+1/p-1. The number of carbonyl (C=O) groups excluding carboxylic acids is 1. The fourth-order valence-electron chi connectivity index (χ4n) is 2.37. The minimum atomic E-state index is -1.08. The van der Waals surface area contributed by atoms with Crippen LogP contribution in [0.2, 0.25) is 0 Å². The number of fused-ring (bicyclic) bond motifs is 1. The first-order valence-corrected chi connectivity index (χ1v) is 7.06. The van der Waals surface area contributed by atoms with E-state index < -0.39 is 23.3 Å². The van der Waals surface area contributed by atoms with Crippen LogP contribution < -0.4 is 62.2 Å². The molecule has 0 radical (unpaired) electrons. The summed E-state index contributed by atoms with van der Waals surface area (Å²) in [5, 5.41) is 14.2. The summed E-state index contributed by atoms with van der Waals surface area (Å²) in [5.41, 5.74) is 7.87. The number of nitrogens with zero attached hydrogens (tertiary/aromatic N) is 2. The Morgan fingerprint density at radius 3 is 2.20 bits per heavy atom. The zero-order chi connectivity index (χ0) is 18.0. The Morgan fingerprint density at radius 2 is 1.68 bits per heavy atom. The molecule has 0 aliphatic carbocycles. The number of benzene rings is 2. The molecule has 126 valence electrons. The van der Waals surface area contributed by atoms with Crippen LogP contribution >= 0.6 is 0 Å². The molecule has 3 rings (SSSR count). The third kappa shape index (κ3) is 5.08. The summed E-state index contributed by atoms with van der Waals surface area (Å²) >= 11 is 0. The van der Waals surface area contributed by atoms with Crippen molar-refractivity contribution in [2.24, 2.45) is 7.05 Å². The van der Waals surface area contributed by atoms with Crippen molar-refractivity contribution >= 4 is 22.6 Å². The van der Waals surface area contributed by atoms with E-state index in [1.807, 2.05) is 32.2 Å². The normalized spacial score (nSPS) is 9.96. The second-order valence-corrected chi connectivity index (χ2v) is 5.29. The van der Waals surface area contributed by atoms with E-state index in [-0.39, 0.29) is 51.4 Å². The van der Waals surface area contributed by atoms with Crippen molar-refractivity contribution in [3.05, 3.63) is 47.7 Å². The monoisotopic (exact) mass is 371 g/mol. The van der Waals surface area contributed by atoms with E-state index in [0.29, 0.717) is 5.56 Å². The Labute approximate surface area is 186 Å². The third-order valence-electron chi connectivity index (χ3n) is 3.45. The van der Waals surface area contributed by atoms with Crippen LogP contribution in [0.5, 0.6) is 0 Å². The Morgan fingerprint density at radius 1 is 1.16 bits per heavy atom. The molecular formula is C17H16F2KN3O2. The van der Waals surface area contributed by atoms with Gasteiger partial charge in [0.25, 0.3) is 0 Å². The van der Waals surface area contributed by atoms with Crippen LogP contribution in [-0.2, 0) is 11.8 Å².